The molecule has 0 radical (unpaired) electrons. The SMILES string of the molecule is CN(C(=O)O)C(C(=O)O)c1ccccc1. The van der Waals surface area contributed by atoms with Crippen LogP contribution in [-0.2, 0) is 4.79 Å². The molecule has 1 rings (SSSR count). The molecule has 1 atom stereocenters. The topological polar surface area (TPSA) is 77.8 Å². The summed E-state index contributed by atoms with van der Waals surface area (Å²) in [5, 5.41) is 17.7. The highest BCUT2D eigenvalue weighted by Crippen LogP contribution is 2.19. The average molecular weight is 209 g/mol. The molecule has 5 heteroatoms. The van der Waals surface area contributed by atoms with Crippen molar-refractivity contribution in [1.29, 1.82) is 0 Å². The van der Waals surface area contributed by atoms with Gasteiger partial charge in [0.1, 0.15) is 0 Å². The van der Waals surface area contributed by atoms with Gasteiger partial charge in [0.15, 0.2) is 6.04 Å². The first-order valence-electron chi connectivity index (χ1n) is 4.27. The molecule has 1 unspecified atom stereocenters. The van der Waals surface area contributed by atoms with E-state index in [1.54, 1.807) is 30.3 Å². The molecular weight excluding hydrogens is 198 g/mol. The zero-order valence-electron chi connectivity index (χ0n) is 8.12. The van der Waals surface area contributed by atoms with E-state index in [0.29, 0.717) is 5.56 Å². The molecule has 0 aliphatic carbocycles. The van der Waals surface area contributed by atoms with E-state index in [1.165, 1.54) is 7.05 Å². The van der Waals surface area contributed by atoms with Gasteiger partial charge in [-0.1, -0.05) is 30.3 Å². The third kappa shape index (κ3) is 2.46. The lowest BCUT2D eigenvalue weighted by molar-refractivity contribution is -0.142. The van der Waals surface area contributed by atoms with E-state index in [4.69, 9.17) is 10.2 Å². The van der Waals surface area contributed by atoms with E-state index in [2.05, 4.69) is 0 Å². The Bertz CT molecular complexity index is 363. The number of hydrogen-bond acceptors (Lipinski definition) is 2. The van der Waals surface area contributed by atoms with Gasteiger partial charge in [0.2, 0.25) is 0 Å². The molecule has 0 saturated carbocycles. The van der Waals surface area contributed by atoms with Gasteiger partial charge in [-0.2, -0.15) is 0 Å². The quantitative estimate of drug-likeness (QED) is 0.789. The highest BCUT2D eigenvalue weighted by molar-refractivity contribution is 5.80. The molecule has 15 heavy (non-hydrogen) atoms. The molecule has 2 N–H and O–H groups in total. The Morgan fingerprint density at radius 1 is 1.20 bits per heavy atom. The van der Waals surface area contributed by atoms with E-state index < -0.39 is 18.1 Å². The molecule has 1 aromatic carbocycles. The predicted octanol–water partition coefficient (Wildman–Crippen LogP) is 1.42. The second-order valence-corrected chi connectivity index (χ2v) is 3.04. The first kappa shape index (κ1) is 11.0. The van der Waals surface area contributed by atoms with E-state index in [9.17, 15) is 9.59 Å². The van der Waals surface area contributed by atoms with E-state index in [1.807, 2.05) is 0 Å². The van der Waals surface area contributed by atoms with Gasteiger partial charge in [-0.3, -0.25) is 4.90 Å². The number of rotatable bonds is 3. The molecule has 80 valence electrons. The Morgan fingerprint density at radius 2 is 1.73 bits per heavy atom. The van der Waals surface area contributed by atoms with Crippen LogP contribution in [0.25, 0.3) is 0 Å². The molecule has 0 bridgehead atoms. The summed E-state index contributed by atoms with van der Waals surface area (Å²) in [5.74, 6) is -1.19. The molecule has 0 spiro atoms. The minimum absolute atomic E-state index is 0.440. The Morgan fingerprint density at radius 3 is 2.13 bits per heavy atom. The van der Waals surface area contributed by atoms with E-state index >= 15 is 0 Å². The van der Waals surface area contributed by atoms with Crippen molar-refractivity contribution < 1.29 is 19.8 Å². The number of carboxylic acid groups (broad SMARTS) is 2. The zero-order chi connectivity index (χ0) is 11.4. The summed E-state index contributed by atoms with van der Waals surface area (Å²) in [6.07, 6.45) is -1.27. The highest BCUT2D eigenvalue weighted by atomic mass is 16.4. The summed E-state index contributed by atoms with van der Waals surface area (Å²) in [7, 11) is 1.23. The van der Waals surface area contributed by atoms with Crippen molar-refractivity contribution >= 4 is 12.1 Å². The third-order valence-electron chi connectivity index (χ3n) is 2.04. The molecule has 0 saturated heterocycles. The maximum Gasteiger partial charge on any atom is 0.408 e. The Kier molecular flexibility index (Phi) is 3.28. The molecule has 1 amide bonds. The third-order valence-corrected chi connectivity index (χ3v) is 2.04. The van der Waals surface area contributed by atoms with Gasteiger partial charge < -0.3 is 10.2 Å². The second-order valence-electron chi connectivity index (χ2n) is 3.04. The number of likely N-dealkylation sites (N-methyl/N-ethyl adjacent to an activating group) is 1. The number of hydrogen-bond donors (Lipinski definition) is 2. The Balaban J connectivity index is 3.04. The summed E-state index contributed by atoms with van der Waals surface area (Å²) in [4.78, 5) is 22.4. The molecule has 0 fully saturated rings. The first-order valence-corrected chi connectivity index (χ1v) is 4.27. The number of benzene rings is 1. The van der Waals surface area contributed by atoms with Gasteiger partial charge in [0.25, 0.3) is 0 Å². The highest BCUT2D eigenvalue weighted by Gasteiger charge is 2.27. The normalized spacial score (nSPS) is 11.8. The van der Waals surface area contributed by atoms with Crippen molar-refractivity contribution in [3.8, 4) is 0 Å². The minimum Gasteiger partial charge on any atom is -0.479 e. The van der Waals surface area contributed by atoms with Gasteiger partial charge in [0.05, 0.1) is 0 Å². The summed E-state index contributed by atoms with van der Waals surface area (Å²) in [6, 6.07) is 7.07. The monoisotopic (exact) mass is 209 g/mol. The number of carbonyl (C=O) groups is 2. The maximum atomic E-state index is 10.9. The van der Waals surface area contributed by atoms with Crippen LogP contribution in [0.3, 0.4) is 0 Å². The van der Waals surface area contributed by atoms with E-state index in [-0.39, 0.29) is 0 Å². The lowest BCUT2D eigenvalue weighted by Crippen LogP contribution is -2.34. The van der Waals surface area contributed by atoms with Crippen molar-refractivity contribution in [2.45, 2.75) is 6.04 Å². The number of amides is 1. The van der Waals surface area contributed by atoms with Crippen molar-refractivity contribution in [3.63, 3.8) is 0 Å². The minimum atomic E-state index is -1.27. The lowest BCUT2D eigenvalue weighted by atomic mass is 10.1. The van der Waals surface area contributed by atoms with Crippen LogP contribution in [0.5, 0.6) is 0 Å². The fraction of sp³-hybridized carbons (Fsp3) is 0.200. The predicted molar refractivity (Wildman–Crippen MR) is 52.6 cm³/mol. The fourth-order valence-electron chi connectivity index (χ4n) is 1.28. The molecule has 0 aliphatic heterocycles. The first-order chi connectivity index (χ1) is 7.04. The lowest BCUT2D eigenvalue weighted by Gasteiger charge is -2.21. The van der Waals surface area contributed by atoms with Gasteiger partial charge in [0, 0.05) is 7.05 Å². The average Bonchev–Trinajstić information content (AvgIpc) is 2.18. The van der Waals surface area contributed by atoms with Crippen LogP contribution in [0.2, 0.25) is 0 Å². The van der Waals surface area contributed by atoms with E-state index in [0.717, 1.165) is 4.90 Å². The van der Waals surface area contributed by atoms with Crippen molar-refractivity contribution in [2.24, 2.45) is 0 Å². The standard InChI is InChI=1S/C10H11NO4/c1-11(10(14)15)8(9(12)13)7-5-3-2-4-6-7/h2-6,8H,1H3,(H,12,13)(H,14,15). The smallest absolute Gasteiger partial charge is 0.408 e. The van der Waals surface area contributed by atoms with Crippen molar-refractivity contribution in [2.75, 3.05) is 7.05 Å². The zero-order valence-corrected chi connectivity index (χ0v) is 8.12. The molecule has 0 heterocycles. The number of aliphatic carboxylic acids is 1. The summed E-state index contributed by atoms with van der Waals surface area (Å²) in [6.45, 7) is 0. The Hall–Kier alpha value is -2.04. The molecule has 5 nitrogen and oxygen atoms in total. The van der Waals surface area contributed by atoms with Crippen LogP contribution in [-0.4, -0.2) is 34.2 Å². The maximum absolute atomic E-state index is 10.9. The Labute approximate surface area is 86.6 Å². The van der Waals surface area contributed by atoms with Gasteiger partial charge in [-0.05, 0) is 5.56 Å². The fourth-order valence-corrected chi connectivity index (χ4v) is 1.28. The van der Waals surface area contributed by atoms with Crippen LogP contribution in [0.4, 0.5) is 4.79 Å². The van der Waals surface area contributed by atoms with Gasteiger partial charge in [-0.25, -0.2) is 9.59 Å². The van der Waals surface area contributed by atoms with Crippen LogP contribution < -0.4 is 0 Å². The summed E-state index contributed by atoms with van der Waals surface area (Å²) >= 11 is 0. The van der Waals surface area contributed by atoms with Gasteiger partial charge in [-0.15, -0.1) is 0 Å². The van der Waals surface area contributed by atoms with Crippen LogP contribution >= 0.6 is 0 Å². The number of carboxylic acids is 1. The molecule has 0 aliphatic rings. The van der Waals surface area contributed by atoms with Crippen molar-refractivity contribution in [1.82, 2.24) is 4.90 Å². The number of nitrogens with zero attached hydrogens (tertiary/aromatic N) is 1. The second kappa shape index (κ2) is 4.45. The van der Waals surface area contributed by atoms with Gasteiger partial charge >= 0.3 is 12.1 Å². The summed E-state index contributed by atoms with van der Waals surface area (Å²) in [5.41, 5.74) is 0.440. The molecule has 1 aromatic rings. The van der Waals surface area contributed by atoms with Crippen molar-refractivity contribution in [3.05, 3.63) is 35.9 Å². The largest absolute Gasteiger partial charge is 0.479 e. The van der Waals surface area contributed by atoms with Crippen LogP contribution in [0.15, 0.2) is 30.3 Å². The summed E-state index contributed by atoms with van der Waals surface area (Å²) < 4.78 is 0. The van der Waals surface area contributed by atoms with Crippen LogP contribution in [0, 0.1) is 0 Å². The molecule has 0 aromatic heterocycles. The molecular formula is C10H11NO4. The van der Waals surface area contributed by atoms with Crippen LogP contribution in [0.1, 0.15) is 11.6 Å².